The zero-order valence-electron chi connectivity index (χ0n) is 45.8. The van der Waals surface area contributed by atoms with Crippen LogP contribution < -0.4 is 0 Å². The van der Waals surface area contributed by atoms with Crippen LogP contribution in [0.15, 0.2) is 274 Å². The third-order valence-corrected chi connectivity index (χ3v) is 18.3. The first-order valence-electron chi connectivity index (χ1n) is 29.1. The number of hydrogen-bond acceptors (Lipinski definition) is 5. The van der Waals surface area contributed by atoms with E-state index in [2.05, 4.69) is 232 Å². The minimum Gasteiger partial charge on any atom is -0.456 e. The molecule has 8 nitrogen and oxygen atoms in total. The fourth-order valence-corrected chi connectivity index (χ4v) is 14.3. The van der Waals surface area contributed by atoms with Gasteiger partial charge in [-0.25, -0.2) is 9.97 Å². The molecule has 86 heavy (non-hydrogen) atoms. The first-order valence-corrected chi connectivity index (χ1v) is 29.1. The van der Waals surface area contributed by atoms with E-state index in [0.29, 0.717) is 5.95 Å². The Kier molecular flexibility index (Phi) is 9.03. The summed E-state index contributed by atoms with van der Waals surface area (Å²) >= 11 is 0. The molecule has 0 spiro atoms. The van der Waals surface area contributed by atoms with Crippen molar-refractivity contribution >= 4 is 153 Å². The van der Waals surface area contributed by atoms with Gasteiger partial charge in [0.1, 0.15) is 33.5 Å². The average molecular weight is 1100 g/mol. The van der Waals surface area contributed by atoms with Crippen molar-refractivity contribution in [2.24, 2.45) is 0 Å². The summed E-state index contributed by atoms with van der Waals surface area (Å²) in [6.07, 6.45) is 3.90. The third-order valence-electron chi connectivity index (χ3n) is 18.3. The van der Waals surface area contributed by atoms with Crippen LogP contribution in [-0.2, 0) is 0 Å². The minimum atomic E-state index is 0.605. The smallest absolute Gasteiger partial charge is 0.234 e. The van der Waals surface area contributed by atoms with Gasteiger partial charge in [-0.2, -0.15) is 0 Å². The van der Waals surface area contributed by atoms with Gasteiger partial charge in [0.15, 0.2) is 0 Å². The molecule has 13 aromatic carbocycles. The van der Waals surface area contributed by atoms with E-state index in [1.54, 1.807) is 0 Å². The Bertz CT molecular complexity index is 6330. The molecule has 0 N–H and O–H groups in total. The average Bonchev–Trinajstić information content (AvgIpc) is 2.37. The second-order valence-corrected chi connectivity index (χ2v) is 22.9. The Labute approximate surface area is 487 Å². The van der Waals surface area contributed by atoms with Crippen LogP contribution >= 0.6 is 0 Å². The van der Waals surface area contributed by atoms with Crippen molar-refractivity contribution in [1.82, 2.24) is 23.7 Å². The molecule has 0 unspecified atom stereocenters. The van der Waals surface area contributed by atoms with Gasteiger partial charge in [0.2, 0.25) is 5.95 Å². The van der Waals surface area contributed by atoms with E-state index in [1.165, 1.54) is 32.5 Å². The monoisotopic (exact) mass is 1100 g/mol. The summed E-state index contributed by atoms with van der Waals surface area (Å²) in [4.78, 5) is 10.2. The number of rotatable bonds is 5. The molecule has 0 saturated heterocycles. The Balaban J connectivity index is 0.697. The van der Waals surface area contributed by atoms with E-state index in [1.807, 2.05) is 42.7 Å². The Hall–Kier alpha value is -11.7. The molecular formula is C78H43N5O3. The van der Waals surface area contributed by atoms with Gasteiger partial charge < -0.3 is 22.4 Å². The van der Waals surface area contributed by atoms with Gasteiger partial charge in [-0.05, 0) is 153 Å². The molecular weight excluding hydrogens is 1050 g/mol. The highest BCUT2D eigenvalue weighted by molar-refractivity contribution is 6.21. The van der Waals surface area contributed by atoms with Crippen LogP contribution in [-0.4, -0.2) is 23.7 Å². The first-order chi connectivity index (χ1) is 42.6. The zero-order valence-corrected chi connectivity index (χ0v) is 45.8. The molecule has 0 radical (unpaired) electrons. The van der Waals surface area contributed by atoms with Gasteiger partial charge in [-0.1, -0.05) is 133 Å². The second kappa shape index (κ2) is 16.9. The van der Waals surface area contributed by atoms with Crippen molar-refractivity contribution in [3.63, 3.8) is 0 Å². The number of benzene rings is 13. The highest BCUT2D eigenvalue weighted by Crippen LogP contribution is 2.44. The number of nitrogens with zero attached hydrogens (tertiary/aromatic N) is 5. The van der Waals surface area contributed by atoms with Crippen molar-refractivity contribution in [1.29, 1.82) is 0 Å². The van der Waals surface area contributed by atoms with E-state index < -0.39 is 0 Å². The minimum absolute atomic E-state index is 0.605. The normalized spacial score (nSPS) is 12.4. The lowest BCUT2D eigenvalue weighted by atomic mass is 9.96. The van der Waals surface area contributed by atoms with E-state index in [0.717, 1.165) is 154 Å². The predicted octanol–water partition coefficient (Wildman–Crippen LogP) is 21.1. The molecule has 0 fully saturated rings. The molecule has 0 amide bonds. The van der Waals surface area contributed by atoms with Crippen LogP contribution in [0.2, 0.25) is 0 Å². The topological polar surface area (TPSA) is 80.0 Å². The van der Waals surface area contributed by atoms with Crippen LogP contribution in [0.4, 0.5) is 0 Å². The number of furan rings is 3. The molecule has 20 rings (SSSR count). The van der Waals surface area contributed by atoms with E-state index in [9.17, 15) is 0 Å². The number of fused-ring (bicyclic) bond motifs is 21. The summed E-state index contributed by atoms with van der Waals surface area (Å²) in [6, 6.07) is 89.4. The summed E-state index contributed by atoms with van der Waals surface area (Å²) in [5, 5.41) is 18.1. The van der Waals surface area contributed by atoms with E-state index in [-0.39, 0.29) is 0 Å². The Morgan fingerprint density at radius 1 is 0.221 bits per heavy atom. The summed E-state index contributed by atoms with van der Waals surface area (Å²) in [6.45, 7) is 0. The van der Waals surface area contributed by atoms with Crippen LogP contribution in [0.5, 0.6) is 0 Å². The fraction of sp³-hybridized carbons (Fsp3) is 0. The molecule has 0 aliphatic rings. The standard InChI is InChI=1S/C78H43N5O3/c1-2-12-50(13-3-1)81-67-30-25-45(34-58(67)61-40-76-63(36-69(61)81)55-15-5-9-19-72(55)85-76)44-24-28-52-47(32-44)22-23-48-33-51(27-29-53(48)52)82-68-31-26-46(35-59(68)62-41-77-64(37-70(62)82)56-16-6-10-20-73(56)86-77)49-42-79-78(80-43-49)83-66-18-8-4-14-54(66)60-39-75-65(38-71(60)83)57-17-7-11-21-74(57)84-75/h1-43H. The maximum Gasteiger partial charge on any atom is 0.234 e. The zero-order chi connectivity index (χ0) is 55.9. The van der Waals surface area contributed by atoms with Crippen molar-refractivity contribution < 1.29 is 13.3 Å². The molecule has 0 aliphatic carbocycles. The first kappa shape index (κ1) is 45.8. The maximum atomic E-state index is 6.56. The van der Waals surface area contributed by atoms with Crippen LogP contribution in [0, 0.1) is 0 Å². The van der Waals surface area contributed by atoms with Gasteiger partial charge in [0.25, 0.3) is 0 Å². The lowest BCUT2D eigenvalue weighted by Gasteiger charge is -2.12. The molecule has 0 aliphatic heterocycles. The summed E-state index contributed by atoms with van der Waals surface area (Å²) in [5.41, 5.74) is 18.3. The SMILES string of the molecule is c1ccc(-n2c3ccc(-c4ccc5c(ccc6cc(-n7c8ccc(-c9cnc(-n%10c%11ccccc%11c%11cc%12oc%13ccccc%13c%12cc%11%10)nc9)cc8c8cc9oc%10ccccc%10c9cc87)ccc65)c4)cc3c3cc4oc5ccccc5c4cc32)cc1. The van der Waals surface area contributed by atoms with Gasteiger partial charge in [-0.3, -0.25) is 4.57 Å². The largest absolute Gasteiger partial charge is 0.456 e. The van der Waals surface area contributed by atoms with E-state index in [4.69, 9.17) is 23.2 Å². The predicted molar refractivity (Wildman–Crippen MR) is 353 cm³/mol. The van der Waals surface area contributed by atoms with Gasteiger partial charge >= 0.3 is 0 Å². The molecule has 7 heterocycles. The van der Waals surface area contributed by atoms with Gasteiger partial charge in [0.05, 0.1) is 33.1 Å². The highest BCUT2D eigenvalue weighted by Gasteiger charge is 2.22. The quantitative estimate of drug-likeness (QED) is 0.160. The van der Waals surface area contributed by atoms with Crippen molar-refractivity contribution in [2.45, 2.75) is 0 Å². The molecule has 398 valence electrons. The summed E-state index contributed by atoms with van der Waals surface area (Å²) in [5.74, 6) is 0.605. The summed E-state index contributed by atoms with van der Waals surface area (Å²) < 4.78 is 26.3. The van der Waals surface area contributed by atoms with Crippen LogP contribution in [0.25, 0.3) is 192 Å². The van der Waals surface area contributed by atoms with Crippen molar-refractivity contribution in [2.75, 3.05) is 0 Å². The van der Waals surface area contributed by atoms with Gasteiger partial charge in [0, 0.05) is 94.0 Å². The number of para-hydroxylation sites is 5. The molecule has 0 saturated carbocycles. The molecule has 8 heteroatoms. The Morgan fingerprint density at radius 2 is 0.640 bits per heavy atom. The van der Waals surface area contributed by atoms with Crippen molar-refractivity contribution in [3.8, 4) is 39.6 Å². The highest BCUT2D eigenvalue weighted by atomic mass is 16.3. The lowest BCUT2D eigenvalue weighted by molar-refractivity contribution is 0.669. The number of hydrogen-bond donors (Lipinski definition) is 0. The molecule has 0 atom stereocenters. The summed E-state index contributed by atoms with van der Waals surface area (Å²) in [7, 11) is 0. The second-order valence-electron chi connectivity index (χ2n) is 22.9. The van der Waals surface area contributed by atoms with E-state index >= 15 is 0 Å². The Morgan fingerprint density at radius 3 is 1.22 bits per heavy atom. The third kappa shape index (κ3) is 6.41. The maximum absolute atomic E-state index is 6.56. The van der Waals surface area contributed by atoms with Crippen molar-refractivity contribution in [3.05, 3.63) is 261 Å². The number of aromatic nitrogens is 5. The fourth-order valence-electron chi connectivity index (χ4n) is 14.3. The molecule has 20 aromatic rings. The van der Waals surface area contributed by atoms with Crippen LogP contribution in [0.3, 0.4) is 0 Å². The van der Waals surface area contributed by atoms with Crippen LogP contribution in [0.1, 0.15) is 0 Å². The molecule has 7 aromatic heterocycles. The van der Waals surface area contributed by atoms with Gasteiger partial charge in [-0.15, -0.1) is 0 Å². The lowest BCUT2D eigenvalue weighted by Crippen LogP contribution is -2.00. The molecule has 0 bridgehead atoms.